The van der Waals surface area contributed by atoms with Crippen LogP contribution in [0.3, 0.4) is 0 Å². The van der Waals surface area contributed by atoms with E-state index in [4.69, 9.17) is 0 Å². The number of carbonyl (C=O) groups is 1. The average molecular weight is 302 g/mol. The highest BCUT2D eigenvalue weighted by atomic mass is 32.2. The lowest BCUT2D eigenvalue weighted by Crippen LogP contribution is -2.38. The predicted molar refractivity (Wildman–Crippen MR) is 87.5 cm³/mol. The minimum absolute atomic E-state index is 0.271. The maximum absolute atomic E-state index is 11.3. The third-order valence-corrected chi connectivity index (χ3v) is 5.27. The van der Waals surface area contributed by atoms with Crippen LogP contribution in [0.1, 0.15) is 23.7 Å². The number of pyridine rings is 1. The summed E-state index contributed by atoms with van der Waals surface area (Å²) in [4.78, 5) is 18.1. The van der Waals surface area contributed by atoms with Crippen LogP contribution < -0.4 is 4.90 Å². The number of fused-ring (bicyclic) bond motifs is 1. The molecule has 5 heteroatoms. The number of nitrogens with zero attached hydrogens (tertiary/aromatic N) is 2. The summed E-state index contributed by atoms with van der Waals surface area (Å²) >= 11 is 2.01. The minimum atomic E-state index is -0.925. The molecule has 0 radical (unpaired) electrons. The molecule has 4 nitrogen and oxygen atoms in total. The Kier molecular flexibility index (Phi) is 4.01. The van der Waals surface area contributed by atoms with E-state index < -0.39 is 5.97 Å². The molecule has 1 N–H and O–H groups in total. The number of benzene rings is 1. The molecule has 2 aromatic rings. The van der Waals surface area contributed by atoms with Crippen molar-refractivity contribution in [1.29, 1.82) is 0 Å². The lowest BCUT2D eigenvalue weighted by Gasteiger charge is -2.33. The van der Waals surface area contributed by atoms with E-state index in [1.54, 1.807) is 0 Å². The number of carboxylic acids is 1. The number of aromatic nitrogens is 1. The molecular weight excluding hydrogens is 284 g/mol. The summed E-state index contributed by atoms with van der Waals surface area (Å²) in [6.45, 7) is 4.15. The molecule has 1 fully saturated rings. The van der Waals surface area contributed by atoms with Gasteiger partial charge in [-0.15, -0.1) is 0 Å². The number of hydrogen-bond donors (Lipinski definition) is 1. The molecule has 0 aliphatic carbocycles. The van der Waals surface area contributed by atoms with Crippen LogP contribution in [-0.2, 0) is 0 Å². The first-order valence-electron chi connectivity index (χ1n) is 7.18. The van der Waals surface area contributed by atoms with Crippen molar-refractivity contribution in [2.75, 3.05) is 23.7 Å². The fourth-order valence-corrected chi connectivity index (χ4v) is 3.94. The SMILES string of the molecule is CCC1CN(c2ncc(C(=O)O)c3ccccc23)CCS1. The first-order valence-corrected chi connectivity index (χ1v) is 8.23. The fraction of sp³-hybridized carbons (Fsp3) is 0.375. The van der Waals surface area contributed by atoms with E-state index >= 15 is 0 Å². The molecule has 0 spiro atoms. The zero-order valence-corrected chi connectivity index (χ0v) is 12.8. The van der Waals surface area contributed by atoms with E-state index in [0.29, 0.717) is 5.25 Å². The largest absolute Gasteiger partial charge is 0.478 e. The van der Waals surface area contributed by atoms with Crippen LogP contribution in [0, 0.1) is 0 Å². The molecule has 1 aliphatic rings. The van der Waals surface area contributed by atoms with Crippen LogP contribution in [0.25, 0.3) is 10.8 Å². The van der Waals surface area contributed by atoms with Gasteiger partial charge in [0.2, 0.25) is 0 Å². The van der Waals surface area contributed by atoms with E-state index in [2.05, 4.69) is 16.8 Å². The van der Waals surface area contributed by atoms with Gasteiger partial charge in [0, 0.05) is 41.1 Å². The molecule has 1 aromatic carbocycles. The number of aromatic carboxylic acids is 1. The Labute approximate surface area is 128 Å². The number of hydrogen-bond acceptors (Lipinski definition) is 4. The zero-order chi connectivity index (χ0) is 14.8. The molecule has 2 heterocycles. The standard InChI is InChI=1S/C16H18N2O2S/c1-2-11-10-18(7-8-21-11)15-13-6-4-3-5-12(13)14(9-17-15)16(19)20/h3-6,9,11H,2,7-8,10H2,1H3,(H,19,20). The van der Waals surface area contributed by atoms with E-state index in [0.717, 1.165) is 41.9 Å². The topological polar surface area (TPSA) is 53.4 Å². The van der Waals surface area contributed by atoms with Gasteiger partial charge < -0.3 is 10.0 Å². The van der Waals surface area contributed by atoms with Gasteiger partial charge in [0.1, 0.15) is 5.82 Å². The fourth-order valence-electron chi connectivity index (χ4n) is 2.76. The summed E-state index contributed by atoms with van der Waals surface area (Å²) < 4.78 is 0. The Morgan fingerprint density at radius 2 is 2.19 bits per heavy atom. The van der Waals surface area contributed by atoms with E-state index in [9.17, 15) is 9.90 Å². The van der Waals surface area contributed by atoms with Crippen molar-refractivity contribution in [2.45, 2.75) is 18.6 Å². The summed E-state index contributed by atoms with van der Waals surface area (Å²) in [5.74, 6) is 1.08. The molecule has 21 heavy (non-hydrogen) atoms. The van der Waals surface area contributed by atoms with Crippen molar-refractivity contribution in [3.63, 3.8) is 0 Å². The van der Waals surface area contributed by atoms with Crippen LogP contribution in [0.2, 0.25) is 0 Å². The Bertz CT molecular complexity index is 674. The van der Waals surface area contributed by atoms with Gasteiger partial charge in [0.15, 0.2) is 0 Å². The summed E-state index contributed by atoms with van der Waals surface area (Å²) in [6.07, 6.45) is 2.63. The number of thioether (sulfide) groups is 1. The first kappa shape index (κ1) is 14.2. The molecule has 1 atom stereocenters. The van der Waals surface area contributed by atoms with Crippen molar-refractivity contribution < 1.29 is 9.90 Å². The second kappa shape index (κ2) is 5.93. The molecule has 0 amide bonds. The van der Waals surface area contributed by atoms with Gasteiger partial charge in [-0.05, 0) is 6.42 Å². The molecular formula is C16H18N2O2S. The molecule has 0 saturated carbocycles. The highest BCUT2D eigenvalue weighted by Crippen LogP contribution is 2.31. The van der Waals surface area contributed by atoms with Crippen LogP contribution in [0.4, 0.5) is 5.82 Å². The Morgan fingerprint density at radius 3 is 2.90 bits per heavy atom. The zero-order valence-electron chi connectivity index (χ0n) is 12.0. The Hall–Kier alpha value is -1.75. The third kappa shape index (κ3) is 2.70. The van der Waals surface area contributed by atoms with Gasteiger partial charge in [0.05, 0.1) is 5.56 Å². The normalized spacial score (nSPS) is 18.9. The van der Waals surface area contributed by atoms with E-state index in [-0.39, 0.29) is 5.56 Å². The van der Waals surface area contributed by atoms with Gasteiger partial charge in [-0.2, -0.15) is 11.8 Å². The van der Waals surface area contributed by atoms with Gasteiger partial charge in [-0.3, -0.25) is 0 Å². The van der Waals surface area contributed by atoms with Gasteiger partial charge in [-0.1, -0.05) is 31.2 Å². The summed E-state index contributed by atoms with van der Waals surface area (Å²) in [5.41, 5.74) is 0.271. The molecule has 3 rings (SSSR count). The molecule has 110 valence electrons. The maximum Gasteiger partial charge on any atom is 0.337 e. The Balaban J connectivity index is 2.07. The van der Waals surface area contributed by atoms with Crippen LogP contribution in [0.15, 0.2) is 30.5 Å². The summed E-state index contributed by atoms with van der Waals surface area (Å²) in [7, 11) is 0. The van der Waals surface area contributed by atoms with Gasteiger partial charge in [-0.25, -0.2) is 9.78 Å². The number of carboxylic acid groups (broad SMARTS) is 1. The van der Waals surface area contributed by atoms with Crippen LogP contribution >= 0.6 is 11.8 Å². The first-order chi connectivity index (χ1) is 10.2. The minimum Gasteiger partial charge on any atom is -0.478 e. The highest BCUT2D eigenvalue weighted by molar-refractivity contribution is 8.00. The highest BCUT2D eigenvalue weighted by Gasteiger charge is 2.22. The third-order valence-electron chi connectivity index (χ3n) is 3.90. The van der Waals surface area contributed by atoms with Crippen LogP contribution in [-0.4, -0.2) is 40.2 Å². The quantitative estimate of drug-likeness (QED) is 0.943. The lowest BCUT2D eigenvalue weighted by molar-refractivity contribution is 0.0698. The summed E-state index contributed by atoms with van der Waals surface area (Å²) in [6, 6.07) is 7.64. The van der Waals surface area contributed by atoms with E-state index in [1.165, 1.54) is 6.20 Å². The maximum atomic E-state index is 11.3. The lowest BCUT2D eigenvalue weighted by atomic mass is 10.1. The Morgan fingerprint density at radius 1 is 1.43 bits per heavy atom. The van der Waals surface area contributed by atoms with E-state index in [1.807, 2.05) is 36.0 Å². The monoisotopic (exact) mass is 302 g/mol. The molecule has 1 aromatic heterocycles. The molecule has 1 unspecified atom stereocenters. The van der Waals surface area contributed by atoms with Crippen LogP contribution in [0.5, 0.6) is 0 Å². The average Bonchev–Trinajstić information content (AvgIpc) is 2.53. The van der Waals surface area contributed by atoms with Crippen molar-refractivity contribution in [2.24, 2.45) is 0 Å². The van der Waals surface area contributed by atoms with Crippen molar-refractivity contribution in [1.82, 2.24) is 4.98 Å². The second-order valence-electron chi connectivity index (χ2n) is 5.19. The molecule has 1 aliphatic heterocycles. The molecule has 0 bridgehead atoms. The van der Waals surface area contributed by atoms with Gasteiger partial charge >= 0.3 is 5.97 Å². The van der Waals surface area contributed by atoms with Gasteiger partial charge in [0.25, 0.3) is 0 Å². The van der Waals surface area contributed by atoms with Crippen molar-refractivity contribution >= 4 is 34.3 Å². The number of anilines is 1. The predicted octanol–water partition coefficient (Wildman–Crippen LogP) is 3.26. The van der Waals surface area contributed by atoms with Crippen molar-refractivity contribution in [3.8, 4) is 0 Å². The second-order valence-corrected chi connectivity index (χ2v) is 6.60. The number of rotatable bonds is 3. The molecule has 1 saturated heterocycles. The summed E-state index contributed by atoms with van der Waals surface area (Å²) in [5, 5.41) is 11.6. The smallest absolute Gasteiger partial charge is 0.337 e. The van der Waals surface area contributed by atoms with Crippen molar-refractivity contribution in [3.05, 3.63) is 36.0 Å².